The van der Waals surface area contributed by atoms with Gasteiger partial charge in [-0.15, -0.1) is 0 Å². The standard InChI is InChI=1S/C15H15N3O4/c19-13(14(20)17-12-5-6-22-18-12)16-9-15(21)7-10-3-1-2-4-11(10)8-15/h1-6,21H,7-9H2,(H,16,19)(H,17,18,20). The van der Waals surface area contributed by atoms with Crippen LogP contribution in [0.2, 0.25) is 0 Å². The fraction of sp³-hybridized carbons (Fsp3) is 0.267. The summed E-state index contributed by atoms with van der Waals surface area (Å²) in [6.07, 6.45) is 2.19. The van der Waals surface area contributed by atoms with Crippen LogP contribution in [0.5, 0.6) is 0 Å². The maximum absolute atomic E-state index is 11.7. The Hall–Kier alpha value is -2.67. The summed E-state index contributed by atoms with van der Waals surface area (Å²) in [5.74, 6) is -1.52. The van der Waals surface area contributed by atoms with Gasteiger partial charge in [0.05, 0.1) is 5.60 Å². The summed E-state index contributed by atoms with van der Waals surface area (Å²) in [7, 11) is 0. The van der Waals surface area contributed by atoms with Gasteiger partial charge in [-0.2, -0.15) is 0 Å². The minimum Gasteiger partial charge on any atom is -0.387 e. The Morgan fingerprint density at radius 3 is 2.45 bits per heavy atom. The Morgan fingerprint density at radius 2 is 1.86 bits per heavy atom. The SMILES string of the molecule is O=C(NCC1(O)Cc2ccccc2C1)C(=O)Nc1ccon1. The highest BCUT2D eigenvalue weighted by atomic mass is 16.5. The minimum absolute atomic E-state index is 0.00670. The largest absolute Gasteiger partial charge is 0.387 e. The first kappa shape index (κ1) is 14.3. The van der Waals surface area contributed by atoms with Crippen molar-refractivity contribution in [1.82, 2.24) is 10.5 Å². The van der Waals surface area contributed by atoms with Crippen molar-refractivity contribution >= 4 is 17.6 Å². The van der Waals surface area contributed by atoms with Crippen molar-refractivity contribution in [2.75, 3.05) is 11.9 Å². The van der Waals surface area contributed by atoms with Crippen LogP contribution < -0.4 is 10.6 Å². The van der Waals surface area contributed by atoms with Crippen LogP contribution in [0, 0.1) is 0 Å². The van der Waals surface area contributed by atoms with Gasteiger partial charge in [0.2, 0.25) is 0 Å². The van der Waals surface area contributed by atoms with Crippen LogP contribution in [0.1, 0.15) is 11.1 Å². The Bertz CT molecular complexity index is 672. The number of hydrogen-bond donors (Lipinski definition) is 3. The molecule has 1 aromatic carbocycles. The molecule has 2 amide bonds. The van der Waals surface area contributed by atoms with Crippen molar-refractivity contribution < 1.29 is 19.2 Å². The van der Waals surface area contributed by atoms with Gasteiger partial charge >= 0.3 is 11.8 Å². The number of benzene rings is 1. The number of aromatic nitrogens is 1. The molecule has 2 aromatic rings. The fourth-order valence-electron chi connectivity index (χ4n) is 2.57. The average Bonchev–Trinajstić information content (AvgIpc) is 3.11. The lowest BCUT2D eigenvalue weighted by Gasteiger charge is -2.22. The molecule has 1 aliphatic rings. The molecule has 0 fully saturated rings. The van der Waals surface area contributed by atoms with Crippen LogP contribution >= 0.6 is 0 Å². The molecule has 7 nitrogen and oxygen atoms in total. The Labute approximate surface area is 126 Å². The van der Waals surface area contributed by atoms with E-state index in [-0.39, 0.29) is 12.4 Å². The van der Waals surface area contributed by atoms with Gasteiger partial charge in [-0.1, -0.05) is 29.4 Å². The summed E-state index contributed by atoms with van der Waals surface area (Å²) < 4.78 is 4.55. The summed E-state index contributed by atoms with van der Waals surface area (Å²) in [6, 6.07) is 9.15. The number of carbonyl (C=O) groups excluding carboxylic acids is 2. The first-order chi connectivity index (χ1) is 10.6. The van der Waals surface area contributed by atoms with Gasteiger partial charge in [-0.3, -0.25) is 14.9 Å². The number of carbonyl (C=O) groups is 2. The van der Waals surface area contributed by atoms with E-state index in [9.17, 15) is 14.7 Å². The Morgan fingerprint density at radius 1 is 1.18 bits per heavy atom. The van der Waals surface area contributed by atoms with Crippen LogP contribution in [0.4, 0.5) is 5.82 Å². The van der Waals surface area contributed by atoms with Gasteiger partial charge in [-0.25, -0.2) is 0 Å². The van der Waals surface area contributed by atoms with Crippen LogP contribution in [0.15, 0.2) is 41.1 Å². The van der Waals surface area contributed by atoms with Crippen molar-refractivity contribution in [1.29, 1.82) is 0 Å². The maximum atomic E-state index is 11.7. The molecule has 0 saturated carbocycles. The quantitative estimate of drug-likeness (QED) is 0.705. The van der Waals surface area contributed by atoms with Gasteiger partial charge in [0, 0.05) is 25.5 Å². The van der Waals surface area contributed by atoms with Crippen LogP contribution in [-0.4, -0.2) is 34.2 Å². The molecule has 22 heavy (non-hydrogen) atoms. The number of fused-ring (bicyclic) bond motifs is 1. The van der Waals surface area contributed by atoms with Gasteiger partial charge in [0.1, 0.15) is 6.26 Å². The van der Waals surface area contributed by atoms with E-state index in [1.807, 2.05) is 24.3 Å². The summed E-state index contributed by atoms with van der Waals surface area (Å²) in [5, 5.41) is 18.7. The molecule has 114 valence electrons. The molecule has 0 bridgehead atoms. The molecule has 1 aromatic heterocycles. The number of anilines is 1. The summed E-state index contributed by atoms with van der Waals surface area (Å²) in [6.45, 7) is 0.00670. The lowest BCUT2D eigenvalue weighted by molar-refractivity contribution is -0.136. The molecule has 0 saturated heterocycles. The van der Waals surface area contributed by atoms with Crippen molar-refractivity contribution in [3.8, 4) is 0 Å². The second-order valence-corrected chi connectivity index (χ2v) is 5.37. The highest BCUT2D eigenvalue weighted by Crippen LogP contribution is 2.29. The van der Waals surface area contributed by atoms with E-state index in [2.05, 4.69) is 20.3 Å². The Balaban J connectivity index is 1.54. The van der Waals surface area contributed by atoms with Crippen molar-refractivity contribution in [3.05, 3.63) is 47.7 Å². The van der Waals surface area contributed by atoms with Crippen molar-refractivity contribution in [2.24, 2.45) is 0 Å². The van der Waals surface area contributed by atoms with Gasteiger partial charge in [-0.05, 0) is 11.1 Å². The van der Waals surface area contributed by atoms with Gasteiger partial charge < -0.3 is 14.9 Å². The van der Waals surface area contributed by atoms with E-state index in [1.165, 1.54) is 12.3 Å². The van der Waals surface area contributed by atoms with E-state index < -0.39 is 17.4 Å². The van der Waals surface area contributed by atoms with Crippen LogP contribution in [-0.2, 0) is 22.4 Å². The van der Waals surface area contributed by atoms with E-state index in [4.69, 9.17) is 0 Å². The third-order valence-corrected chi connectivity index (χ3v) is 3.62. The number of nitrogens with one attached hydrogen (secondary N) is 2. The minimum atomic E-state index is -1.06. The number of rotatable bonds is 3. The zero-order valence-corrected chi connectivity index (χ0v) is 11.7. The smallest absolute Gasteiger partial charge is 0.314 e. The van der Waals surface area contributed by atoms with E-state index in [0.29, 0.717) is 12.8 Å². The highest BCUT2D eigenvalue weighted by molar-refractivity contribution is 6.39. The molecule has 0 radical (unpaired) electrons. The normalized spacial score (nSPS) is 15.1. The first-order valence-corrected chi connectivity index (χ1v) is 6.84. The average molecular weight is 301 g/mol. The lowest BCUT2D eigenvalue weighted by Crippen LogP contribution is -2.46. The molecule has 7 heteroatoms. The second kappa shape index (κ2) is 5.61. The molecule has 0 unspecified atom stereocenters. The van der Waals surface area contributed by atoms with Gasteiger partial charge in [0.25, 0.3) is 0 Å². The molecule has 0 atom stereocenters. The molecule has 1 aliphatic carbocycles. The lowest BCUT2D eigenvalue weighted by atomic mass is 10.0. The zero-order valence-electron chi connectivity index (χ0n) is 11.7. The van der Waals surface area contributed by atoms with Crippen molar-refractivity contribution in [2.45, 2.75) is 18.4 Å². The van der Waals surface area contributed by atoms with E-state index in [0.717, 1.165) is 11.1 Å². The maximum Gasteiger partial charge on any atom is 0.314 e. The zero-order chi connectivity index (χ0) is 15.6. The highest BCUT2D eigenvalue weighted by Gasteiger charge is 2.35. The second-order valence-electron chi connectivity index (χ2n) is 5.37. The monoisotopic (exact) mass is 301 g/mol. The summed E-state index contributed by atoms with van der Waals surface area (Å²) in [4.78, 5) is 23.4. The summed E-state index contributed by atoms with van der Waals surface area (Å²) in [5.41, 5.74) is 1.06. The predicted octanol–water partition coefficient (Wildman–Crippen LogP) is 0.259. The third-order valence-electron chi connectivity index (χ3n) is 3.62. The third kappa shape index (κ3) is 2.99. The molecule has 3 N–H and O–H groups in total. The number of amides is 2. The summed E-state index contributed by atoms with van der Waals surface area (Å²) >= 11 is 0. The van der Waals surface area contributed by atoms with Crippen LogP contribution in [0.3, 0.4) is 0 Å². The fourth-order valence-corrected chi connectivity index (χ4v) is 2.57. The molecular weight excluding hydrogens is 286 g/mol. The molecule has 0 spiro atoms. The first-order valence-electron chi connectivity index (χ1n) is 6.84. The molecule has 3 rings (SSSR count). The molecular formula is C15H15N3O4. The number of hydrogen-bond acceptors (Lipinski definition) is 5. The topological polar surface area (TPSA) is 104 Å². The van der Waals surface area contributed by atoms with Gasteiger partial charge in [0.15, 0.2) is 5.82 Å². The van der Waals surface area contributed by atoms with Crippen LogP contribution in [0.25, 0.3) is 0 Å². The van der Waals surface area contributed by atoms with E-state index in [1.54, 1.807) is 0 Å². The predicted molar refractivity (Wildman–Crippen MR) is 76.9 cm³/mol. The molecule has 1 heterocycles. The Kier molecular flexibility index (Phi) is 3.64. The van der Waals surface area contributed by atoms with E-state index >= 15 is 0 Å². The van der Waals surface area contributed by atoms with Crippen molar-refractivity contribution in [3.63, 3.8) is 0 Å². The molecule has 0 aliphatic heterocycles. The number of aliphatic hydroxyl groups is 1. The number of nitrogens with zero attached hydrogens (tertiary/aromatic N) is 1.